The second-order valence-corrected chi connectivity index (χ2v) is 7.20. The van der Waals surface area contributed by atoms with Crippen molar-refractivity contribution in [3.8, 4) is 11.5 Å². The molecule has 0 unspecified atom stereocenters. The van der Waals surface area contributed by atoms with Crippen LogP contribution in [0.15, 0.2) is 53.3 Å². The molecule has 1 aromatic carbocycles. The summed E-state index contributed by atoms with van der Waals surface area (Å²) in [7, 11) is 3.94. The lowest BCUT2D eigenvalue weighted by Crippen LogP contribution is -2.38. The minimum atomic E-state index is 0.0766. The molecule has 1 fully saturated rings. The van der Waals surface area contributed by atoms with Crippen LogP contribution in [0.1, 0.15) is 34.9 Å². The van der Waals surface area contributed by atoms with E-state index in [4.69, 9.17) is 4.52 Å². The van der Waals surface area contributed by atoms with Gasteiger partial charge in [0.1, 0.15) is 0 Å². The summed E-state index contributed by atoms with van der Waals surface area (Å²) in [5, 5.41) is 4.16. The van der Waals surface area contributed by atoms with Gasteiger partial charge in [0.25, 0.3) is 11.8 Å². The van der Waals surface area contributed by atoms with Crippen molar-refractivity contribution < 1.29 is 9.32 Å². The van der Waals surface area contributed by atoms with Crippen LogP contribution >= 0.6 is 0 Å². The van der Waals surface area contributed by atoms with Crippen molar-refractivity contribution in [2.75, 3.05) is 32.1 Å². The number of pyridine rings is 1. The van der Waals surface area contributed by atoms with Crippen molar-refractivity contribution >= 4 is 11.6 Å². The number of likely N-dealkylation sites (tertiary alicyclic amines) is 1. The second-order valence-electron chi connectivity index (χ2n) is 7.20. The Morgan fingerprint density at radius 3 is 2.61 bits per heavy atom. The highest BCUT2D eigenvalue weighted by Crippen LogP contribution is 2.28. The average Bonchev–Trinajstić information content (AvgIpc) is 3.24. The molecule has 144 valence electrons. The van der Waals surface area contributed by atoms with E-state index in [1.54, 1.807) is 12.4 Å². The maximum absolute atomic E-state index is 12.9. The number of carbonyl (C=O) groups is 1. The van der Waals surface area contributed by atoms with E-state index in [0.717, 1.165) is 29.7 Å². The normalized spacial score (nSPS) is 14.9. The number of nitrogens with zero attached hydrogens (tertiary/aromatic N) is 5. The smallest absolute Gasteiger partial charge is 0.258 e. The van der Waals surface area contributed by atoms with Gasteiger partial charge < -0.3 is 14.3 Å². The first-order chi connectivity index (χ1) is 13.6. The molecule has 0 N–H and O–H groups in total. The fourth-order valence-corrected chi connectivity index (χ4v) is 3.45. The highest BCUT2D eigenvalue weighted by Gasteiger charge is 2.27. The maximum atomic E-state index is 12.9. The van der Waals surface area contributed by atoms with Crippen LogP contribution in [0.25, 0.3) is 11.5 Å². The molecule has 0 spiro atoms. The molecule has 2 aromatic heterocycles. The van der Waals surface area contributed by atoms with Crippen molar-refractivity contribution in [2.24, 2.45) is 0 Å². The van der Waals surface area contributed by atoms with Gasteiger partial charge in [-0.25, -0.2) is 0 Å². The lowest BCUT2D eigenvalue weighted by Gasteiger charge is -2.30. The molecule has 3 aromatic rings. The number of carbonyl (C=O) groups excluding carboxylic acids is 1. The summed E-state index contributed by atoms with van der Waals surface area (Å²) in [4.78, 5) is 25.3. The predicted octanol–water partition coefficient (Wildman–Crippen LogP) is 3.22. The Hall–Kier alpha value is -3.22. The van der Waals surface area contributed by atoms with Gasteiger partial charge in [0.15, 0.2) is 5.82 Å². The second kappa shape index (κ2) is 7.80. The number of hydrogen-bond acceptors (Lipinski definition) is 6. The summed E-state index contributed by atoms with van der Waals surface area (Å²) in [5.74, 6) is 1.51. The van der Waals surface area contributed by atoms with Crippen LogP contribution in [0.2, 0.25) is 0 Å². The van der Waals surface area contributed by atoms with Gasteiger partial charge in [-0.15, -0.1) is 0 Å². The minimum Gasteiger partial charge on any atom is -0.378 e. The molecule has 0 radical (unpaired) electrons. The molecule has 0 saturated carbocycles. The third-order valence-electron chi connectivity index (χ3n) is 5.13. The van der Waals surface area contributed by atoms with E-state index in [-0.39, 0.29) is 11.8 Å². The number of benzene rings is 1. The molecule has 1 amide bonds. The monoisotopic (exact) mass is 377 g/mol. The Morgan fingerprint density at radius 1 is 1.14 bits per heavy atom. The van der Waals surface area contributed by atoms with Gasteiger partial charge in [-0.3, -0.25) is 9.78 Å². The first kappa shape index (κ1) is 18.2. The number of piperidine rings is 1. The lowest BCUT2D eigenvalue weighted by molar-refractivity contribution is 0.0710. The number of hydrogen-bond donors (Lipinski definition) is 0. The van der Waals surface area contributed by atoms with Crippen LogP contribution < -0.4 is 4.90 Å². The summed E-state index contributed by atoms with van der Waals surface area (Å²) in [5.41, 5.74) is 2.61. The molecule has 1 aliphatic heterocycles. The minimum absolute atomic E-state index is 0.0766. The number of rotatable bonds is 4. The third kappa shape index (κ3) is 3.74. The molecule has 0 atom stereocenters. The molecule has 3 heterocycles. The highest BCUT2D eigenvalue weighted by molar-refractivity contribution is 5.95. The number of aromatic nitrogens is 3. The van der Waals surface area contributed by atoms with Crippen molar-refractivity contribution in [1.29, 1.82) is 0 Å². The summed E-state index contributed by atoms with van der Waals surface area (Å²) < 4.78 is 5.41. The van der Waals surface area contributed by atoms with Crippen molar-refractivity contribution in [3.05, 3.63) is 60.2 Å². The van der Waals surface area contributed by atoms with Gasteiger partial charge in [-0.05, 0) is 43.2 Å². The fourth-order valence-electron chi connectivity index (χ4n) is 3.45. The van der Waals surface area contributed by atoms with Gasteiger partial charge in [-0.2, -0.15) is 4.98 Å². The molecule has 4 rings (SSSR count). The Labute approximate surface area is 164 Å². The molecule has 0 aliphatic carbocycles. The van der Waals surface area contributed by atoms with E-state index in [9.17, 15) is 4.79 Å². The summed E-state index contributed by atoms with van der Waals surface area (Å²) in [6.07, 6.45) is 5.06. The molecule has 0 bridgehead atoms. The Kier molecular flexibility index (Phi) is 5.06. The number of amides is 1. The third-order valence-corrected chi connectivity index (χ3v) is 5.13. The van der Waals surface area contributed by atoms with E-state index in [1.807, 2.05) is 60.3 Å². The van der Waals surface area contributed by atoms with E-state index >= 15 is 0 Å². The molecule has 7 heteroatoms. The van der Waals surface area contributed by atoms with Crippen molar-refractivity contribution in [1.82, 2.24) is 20.0 Å². The zero-order valence-electron chi connectivity index (χ0n) is 16.1. The Morgan fingerprint density at radius 2 is 1.89 bits per heavy atom. The van der Waals surface area contributed by atoms with Crippen LogP contribution in [0.4, 0.5) is 5.69 Å². The summed E-state index contributed by atoms with van der Waals surface area (Å²) in [6.45, 7) is 1.38. The van der Waals surface area contributed by atoms with E-state index in [0.29, 0.717) is 24.8 Å². The van der Waals surface area contributed by atoms with E-state index in [2.05, 4.69) is 15.1 Å². The highest BCUT2D eigenvalue weighted by atomic mass is 16.5. The van der Waals surface area contributed by atoms with E-state index < -0.39 is 0 Å². The quantitative estimate of drug-likeness (QED) is 0.695. The van der Waals surface area contributed by atoms with Crippen LogP contribution in [0.5, 0.6) is 0 Å². The SMILES string of the molecule is CN(C)c1cccc(C(=O)N2CCC(c3noc(-c4ccncc4)n3)CC2)c1. The van der Waals surface area contributed by atoms with Crippen LogP contribution in [0.3, 0.4) is 0 Å². The average molecular weight is 377 g/mol. The zero-order valence-corrected chi connectivity index (χ0v) is 16.1. The Balaban J connectivity index is 1.40. The van der Waals surface area contributed by atoms with Gasteiger partial charge in [-0.1, -0.05) is 11.2 Å². The molecule has 1 saturated heterocycles. The van der Waals surface area contributed by atoms with Crippen molar-refractivity contribution in [2.45, 2.75) is 18.8 Å². The predicted molar refractivity (Wildman–Crippen MR) is 106 cm³/mol. The summed E-state index contributed by atoms with van der Waals surface area (Å²) in [6, 6.07) is 11.4. The molecule has 7 nitrogen and oxygen atoms in total. The molecule has 28 heavy (non-hydrogen) atoms. The van der Waals surface area contributed by atoms with Crippen molar-refractivity contribution in [3.63, 3.8) is 0 Å². The lowest BCUT2D eigenvalue weighted by atomic mass is 9.95. The zero-order chi connectivity index (χ0) is 19.5. The number of anilines is 1. The van der Waals surface area contributed by atoms with Crippen LogP contribution in [0, 0.1) is 0 Å². The fraction of sp³-hybridized carbons (Fsp3) is 0.333. The van der Waals surface area contributed by atoms with Gasteiger partial charge in [0.2, 0.25) is 0 Å². The Bertz CT molecular complexity index is 946. The largest absolute Gasteiger partial charge is 0.378 e. The topological polar surface area (TPSA) is 75.4 Å². The molecule has 1 aliphatic rings. The first-order valence-electron chi connectivity index (χ1n) is 9.42. The summed E-state index contributed by atoms with van der Waals surface area (Å²) >= 11 is 0. The maximum Gasteiger partial charge on any atom is 0.258 e. The van der Waals surface area contributed by atoms with Gasteiger partial charge >= 0.3 is 0 Å². The standard InChI is InChI=1S/C21H23N5O2/c1-25(2)18-5-3-4-17(14-18)21(27)26-12-8-15(9-13-26)19-23-20(28-24-19)16-6-10-22-11-7-16/h3-7,10-11,14-15H,8-9,12-13H2,1-2H3. The molecular formula is C21H23N5O2. The van der Waals surface area contributed by atoms with Gasteiger partial charge in [0, 0.05) is 62.3 Å². The van der Waals surface area contributed by atoms with E-state index in [1.165, 1.54) is 0 Å². The molecular weight excluding hydrogens is 354 g/mol. The first-order valence-corrected chi connectivity index (χ1v) is 9.42. The van der Waals surface area contributed by atoms with Crippen LogP contribution in [-0.4, -0.2) is 53.1 Å². The van der Waals surface area contributed by atoms with Gasteiger partial charge in [0.05, 0.1) is 0 Å². The van der Waals surface area contributed by atoms with Crippen LogP contribution in [-0.2, 0) is 0 Å².